The maximum Gasteiger partial charge on any atom is 0.433 e. The lowest BCUT2D eigenvalue weighted by Gasteiger charge is -2.26. The van der Waals surface area contributed by atoms with Gasteiger partial charge in [-0.15, -0.1) is 0 Å². The van der Waals surface area contributed by atoms with Crippen LogP contribution in [0.15, 0.2) is 30.3 Å². The molecule has 1 aliphatic carbocycles. The number of hydrogen-bond donors (Lipinski definition) is 0. The van der Waals surface area contributed by atoms with Gasteiger partial charge in [-0.2, -0.15) is 22.7 Å². The van der Waals surface area contributed by atoms with Crippen molar-refractivity contribution in [1.29, 1.82) is 0 Å². The van der Waals surface area contributed by atoms with Crippen LogP contribution in [-0.4, -0.2) is 30.7 Å². The summed E-state index contributed by atoms with van der Waals surface area (Å²) in [6.45, 7) is -0.105. The summed E-state index contributed by atoms with van der Waals surface area (Å²) in [5.74, 6) is -1.01. The molecule has 31 heavy (non-hydrogen) atoms. The molecule has 1 fully saturated rings. The maximum absolute atomic E-state index is 14.6. The number of alkyl halides is 5. The number of rotatable bonds is 5. The van der Waals surface area contributed by atoms with Crippen molar-refractivity contribution in [3.05, 3.63) is 58.8 Å². The summed E-state index contributed by atoms with van der Waals surface area (Å²) in [7, 11) is 1.18. The van der Waals surface area contributed by atoms with E-state index in [4.69, 9.17) is 12.2 Å². The third-order valence-electron chi connectivity index (χ3n) is 5.11. The van der Waals surface area contributed by atoms with Crippen LogP contribution in [0.5, 0.6) is 0 Å². The number of para-hydroxylation sites is 1. The minimum atomic E-state index is -4.66. The van der Waals surface area contributed by atoms with E-state index in [1.807, 2.05) is 0 Å². The minimum Gasteiger partial charge on any atom is -0.355 e. The Morgan fingerprint density at radius 3 is 2.55 bits per heavy atom. The summed E-state index contributed by atoms with van der Waals surface area (Å²) in [5.41, 5.74) is -1.92. The molecule has 1 saturated carbocycles. The minimum absolute atomic E-state index is 0.105. The molecule has 0 N–H and O–H groups in total. The highest BCUT2D eigenvalue weighted by Gasteiger charge is 2.37. The highest BCUT2D eigenvalue weighted by Crippen LogP contribution is 2.36. The summed E-state index contributed by atoms with van der Waals surface area (Å²) < 4.78 is 82.3. The van der Waals surface area contributed by atoms with Crippen LogP contribution in [0.4, 0.5) is 26.3 Å². The Kier molecular flexibility index (Phi) is 5.40. The van der Waals surface area contributed by atoms with E-state index in [0.717, 1.165) is 6.07 Å². The van der Waals surface area contributed by atoms with Gasteiger partial charge >= 0.3 is 6.18 Å². The van der Waals surface area contributed by atoms with Crippen molar-refractivity contribution in [2.45, 2.75) is 38.0 Å². The Bertz CT molecular complexity index is 1150. The average molecular weight is 458 g/mol. The van der Waals surface area contributed by atoms with Crippen molar-refractivity contribution in [3.8, 4) is 0 Å². The van der Waals surface area contributed by atoms with E-state index >= 15 is 0 Å². The first-order valence-electron chi connectivity index (χ1n) is 9.35. The van der Waals surface area contributed by atoms with Crippen LogP contribution in [0, 0.1) is 5.95 Å². The fourth-order valence-corrected chi connectivity index (χ4v) is 3.88. The molecule has 2 aromatic heterocycles. The number of hydrogen-bond acceptors (Lipinski definition) is 3. The molecule has 0 saturated heterocycles. The number of aromatic nitrogens is 3. The van der Waals surface area contributed by atoms with Crippen LogP contribution < -0.4 is 0 Å². The molecule has 0 bridgehead atoms. The molecule has 0 aliphatic heterocycles. The zero-order valence-electron chi connectivity index (χ0n) is 16.1. The van der Waals surface area contributed by atoms with Crippen LogP contribution in [0.2, 0.25) is 0 Å². The summed E-state index contributed by atoms with van der Waals surface area (Å²) in [5, 5.41) is 3.99. The van der Waals surface area contributed by atoms with E-state index < -0.39 is 35.5 Å². The molecule has 1 aromatic carbocycles. The Morgan fingerprint density at radius 2 is 1.94 bits per heavy atom. The molecule has 164 valence electrons. The van der Waals surface area contributed by atoms with Crippen LogP contribution in [0.1, 0.15) is 41.8 Å². The van der Waals surface area contributed by atoms with Gasteiger partial charge in [0.2, 0.25) is 5.95 Å². The number of nitrogens with zero attached hydrogens (tertiary/aromatic N) is 4. The quantitative estimate of drug-likeness (QED) is 0.379. The predicted octanol–water partition coefficient (Wildman–Crippen LogP) is 5.40. The normalized spacial score (nSPS) is 14.5. The van der Waals surface area contributed by atoms with Gasteiger partial charge in [0.25, 0.3) is 6.43 Å². The van der Waals surface area contributed by atoms with Crippen molar-refractivity contribution in [2.75, 3.05) is 0 Å². The van der Waals surface area contributed by atoms with Gasteiger partial charge in [-0.3, -0.25) is 0 Å². The number of fused-ring (bicyclic) bond motifs is 1. The van der Waals surface area contributed by atoms with Gasteiger partial charge in [-0.05, 0) is 30.5 Å². The lowest BCUT2D eigenvalue weighted by molar-refractivity contribution is -0.141. The molecule has 3 aromatic rings. The molecule has 0 unspecified atom stereocenters. The average Bonchev–Trinajstić information content (AvgIpc) is 3.50. The molecule has 0 spiro atoms. The van der Waals surface area contributed by atoms with E-state index in [2.05, 4.69) is 10.1 Å². The number of pyridine rings is 1. The van der Waals surface area contributed by atoms with Gasteiger partial charge in [0, 0.05) is 25.0 Å². The Morgan fingerprint density at radius 1 is 1.26 bits per heavy atom. The van der Waals surface area contributed by atoms with Crippen LogP contribution in [0.25, 0.3) is 10.9 Å². The summed E-state index contributed by atoms with van der Waals surface area (Å²) >= 11 is 5.36. The van der Waals surface area contributed by atoms with E-state index in [1.165, 1.54) is 18.0 Å². The van der Waals surface area contributed by atoms with Crippen molar-refractivity contribution in [2.24, 2.45) is 7.05 Å². The Balaban J connectivity index is 1.79. The number of halogens is 6. The second-order valence-corrected chi connectivity index (χ2v) is 7.71. The summed E-state index contributed by atoms with van der Waals surface area (Å²) in [4.78, 5) is 4.99. The smallest absolute Gasteiger partial charge is 0.355 e. The van der Waals surface area contributed by atoms with Crippen molar-refractivity contribution in [3.63, 3.8) is 0 Å². The van der Waals surface area contributed by atoms with Gasteiger partial charge in [-0.25, -0.2) is 18.4 Å². The van der Waals surface area contributed by atoms with Crippen molar-refractivity contribution in [1.82, 2.24) is 19.7 Å². The molecule has 0 amide bonds. The zero-order valence-corrected chi connectivity index (χ0v) is 16.9. The second-order valence-electron chi connectivity index (χ2n) is 7.32. The molecule has 2 heterocycles. The van der Waals surface area contributed by atoms with Crippen LogP contribution in [-0.2, 0) is 19.8 Å². The van der Waals surface area contributed by atoms with Gasteiger partial charge in [-0.1, -0.05) is 30.4 Å². The van der Waals surface area contributed by atoms with E-state index in [-0.39, 0.29) is 28.7 Å². The van der Waals surface area contributed by atoms with Crippen LogP contribution >= 0.6 is 12.2 Å². The number of thiocarbonyl (C=S) groups is 1. The molecule has 0 radical (unpaired) electrons. The van der Waals surface area contributed by atoms with Crippen molar-refractivity contribution >= 4 is 28.1 Å². The van der Waals surface area contributed by atoms with Gasteiger partial charge in [0.1, 0.15) is 16.4 Å². The van der Waals surface area contributed by atoms with Gasteiger partial charge < -0.3 is 4.90 Å². The summed E-state index contributed by atoms with van der Waals surface area (Å²) in [6.07, 6.45) is -6.38. The second kappa shape index (κ2) is 7.77. The number of benzene rings is 1. The molecule has 4 nitrogen and oxygen atoms in total. The Hall–Kier alpha value is -2.69. The lowest BCUT2D eigenvalue weighted by Crippen LogP contribution is -2.33. The largest absolute Gasteiger partial charge is 0.433 e. The fraction of sp³-hybridized carbons (Fsp3) is 0.350. The monoisotopic (exact) mass is 458 g/mol. The number of aryl methyl sites for hydroxylation is 1. The standard InChI is InChI=1S/C20H16F6N4S/c1-29-18(23)15(16(28-29)17(21)22)19(31)30(11-6-7-11)9-10-8-14(20(24,25)26)27-13-5-3-2-4-12(10)13/h2-5,8,11,17H,6-7,9H2,1H3. The fourth-order valence-electron chi connectivity index (χ4n) is 3.48. The van der Waals surface area contributed by atoms with E-state index in [9.17, 15) is 26.3 Å². The topological polar surface area (TPSA) is 34.0 Å². The SMILES string of the molecule is Cn1nc(C(F)F)c(C(=S)N(Cc2cc(C(F)(F)F)nc3ccccc23)C2CC2)c1F. The highest BCUT2D eigenvalue weighted by atomic mass is 32.1. The lowest BCUT2D eigenvalue weighted by atomic mass is 10.1. The van der Waals surface area contributed by atoms with Gasteiger partial charge in [0.05, 0.1) is 11.1 Å². The van der Waals surface area contributed by atoms with Gasteiger partial charge in [0.15, 0.2) is 0 Å². The first kappa shape index (κ1) is 21.5. The predicted molar refractivity (Wildman–Crippen MR) is 105 cm³/mol. The maximum atomic E-state index is 14.6. The zero-order chi connectivity index (χ0) is 22.5. The van der Waals surface area contributed by atoms with E-state index in [1.54, 1.807) is 18.2 Å². The van der Waals surface area contributed by atoms with Crippen molar-refractivity contribution < 1.29 is 26.3 Å². The first-order valence-corrected chi connectivity index (χ1v) is 9.76. The highest BCUT2D eigenvalue weighted by molar-refractivity contribution is 7.80. The molecule has 4 rings (SSSR count). The molecular weight excluding hydrogens is 442 g/mol. The summed E-state index contributed by atoms with van der Waals surface area (Å²) in [6, 6.07) is 7.07. The molecule has 1 aliphatic rings. The molecular formula is C20H16F6N4S. The third-order valence-corrected chi connectivity index (χ3v) is 5.54. The van der Waals surface area contributed by atoms with Crippen LogP contribution in [0.3, 0.4) is 0 Å². The third kappa shape index (κ3) is 4.10. The Labute approximate surface area is 178 Å². The first-order chi connectivity index (χ1) is 14.6. The molecule has 11 heteroatoms. The van der Waals surface area contributed by atoms with E-state index in [0.29, 0.717) is 22.9 Å². The molecule has 0 atom stereocenters.